The minimum absolute atomic E-state index is 0. The maximum atomic E-state index is 12.2. The number of hydrogen-bond donors (Lipinski definition) is 1. The van der Waals surface area contributed by atoms with Crippen LogP contribution in [0.5, 0.6) is 0 Å². The van der Waals surface area contributed by atoms with Crippen molar-refractivity contribution < 1.29 is 9.53 Å². The molecule has 0 aliphatic rings. The number of carbonyl (C=O) groups is 1. The molecule has 0 bridgehead atoms. The highest BCUT2D eigenvalue weighted by Gasteiger charge is 2.14. The van der Waals surface area contributed by atoms with Gasteiger partial charge in [-0.25, -0.2) is 0 Å². The van der Waals surface area contributed by atoms with Gasteiger partial charge in [-0.05, 0) is 11.1 Å². The van der Waals surface area contributed by atoms with E-state index in [0.717, 1.165) is 11.1 Å². The lowest BCUT2D eigenvalue weighted by Crippen LogP contribution is -2.32. The van der Waals surface area contributed by atoms with E-state index >= 15 is 0 Å². The van der Waals surface area contributed by atoms with Crippen molar-refractivity contribution in [3.63, 3.8) is 0 Å². The first-order chi connectivity index (χ1) is 11.2. The standard InChI is InChI=1S/C19H24N2O2.ClH/c1-21(12-13-23-15-16-8-4-2-5-9-16)19(22)14-18(20)17-10-6-3-7-11-17;/h2-11,18H,12-15,20H2,1H3;1H. The fraction of sp³-hybridized carbons (Fsp3) is 0.316. The molecule has 0 radical (unpaired) electrons. The molecule has 0 fully saturated rings. The average molecular weight is 349 g/mol. The van der Waals surface area contributed by atoms with Gasteiger partial charge >= 0.3 is 0 Å². The molecule has 2 N–H and O–H groups in total. The summed E-state index contributed by atoms with van der Waals surface area (Å²) < 4.78 is 5.60. The number of benzene rings is 2. The minimum Gasteiger partial charge on any atom is -0.375 e. The second-order valence-electron chi connectivity index (χ2n) is 5.57. The average Bonchev–Trinajstić information content (AvgIpc) is 2.60. The zero-order chi connectivity index (χ0) is 16.5. The quantitative estimate of drug-likeness (QED) is 0.745. The first-order valence-electron chi connectivity index (χ1n) is 7.83. The number of ether oxygens (including phenoxy) is 1. The van der Waals surface area contributed by atoms with E-state index in [1.807, 2.05) is 60.7 Å². The smallest absolute Gasteiger partial charge is 0.224 e. The van der Waals surface area contributed by atoms with Gasteiger partial charge in [-0.2, -0.15) is 0 Å². The Morgan fingerprint density at radius 2 is 1.67 bits per heavy atom. The molecule has 2 rings (SSSR count). The van der Waals surface area contributed by atoms with E-state index in [0.29, 0.717) is 26.2 Å². The lowest BCUT2D eigenvalue weighted by atomic mass is 10.0. The van der Waals surface area contributed by atoms with Crippen LogP contribution in [-0.4, -0.2) is 31.0 Å². The molecule has 1 amide bonds. The molecule has 2 aromatic carbocycles. The lowest BCUT2D eigenvalue weighted by molar-refractivity contribution is -0.131. The molecule has 1 unspecified atom stereocenters. The number of nitrogens with zero attached hydrogens (tertiary/aromatic N) is 1. The second kappa shape index (κ2) is 10.8. The zero-order valence-electron chi connectivity index (χ0n) is 13.9. The third-order valence-corrected chi connectivity index (χ3v) is 3.73. The number of nitrogens with two attached hydrogens (primary N) is 1. The first kappa shape index (κ1) is 20.2. The Labute approximate surface area is 150 Å². The Morgan fingerprint density at radius 1 is 1.08 bits per heavy atom. The molecule has 0 aliphatic carbocycles. The van der Waals surface area contributed by atoms with Gasteiger partial charge in [-0.15, -0.1) is 12.4 Å². The molecule has 0 saturated heterocycles. The molecule has 1 atom stereocenters. The fourth-order valence-corrected chi connectivity index (χ4v) is 2.25. The van der Waals surface area contributed by atoms with Crippen molar-refractivity contribution in [2.45, 2.75) is 19.1 Å². The van der Waals surface area contributed by atoms with Crippen LogP contribution in [0.2, 0.25) is 0 Å². The van der Waals surface area contributed by atoms with Gasteiger partial charge in [0.05, 0.1) is 13.2 Å². The van der Waals surface area contributed by atoms with Crippen LogP contribution in [-0.2, 0) is 16.1 Å². The van der Waals surface area contributed by atoms with Gasteiger partial charge in [-0.3, -0.25) is 4.79 Å². The van der Waals surface area contributed by atoms with Gasteiger partial charge in [0.15, 0.2) is 0 Å². The lowest BCUT2D eigenvalue weighted by Gasteiger charge is -2.20. The van der Waals surface area contributed by atoms with Crippen LogP contribution >= 0.6 is 12.4 Å². The summed E-state index contributed by atoms with van der Waals surface area (Å²) in [6.07, 6.45) is 0.305. The molecule has 0 saturated carbocycles. The number of rotatable bonds is 8. The van der Waals surface area contributed by atoms with Crippen LogP contribution < -0.4 is 5.73 Å². The van der Waals surface area contributed by atoms with Gasteiger partial charge < -0.3 is 15.4 Å². The van der Waals surface area contributed by atoms with Crippen LogP contribution in [0.4, 0.5) is 0 Å². The maximum absolute atomic E-state index is 12.2. The Bertz CT molecular complexity index is 593. The normalized spacial score (nSPS) is 11.4. The summed E-state index contributed by atoms with van der Waals surface area (Å²) in [4.78, 5) is 13.9. The highest BCUT2D eigenvalue weighted by Crippen LogP contribution is 2.14. The van der Waals surface area contributed by atoms with Crippen LogP contribution in [0.25, 0.3) is 0 Å². The van der Waals surface area contributed by atoms with Gasteiger partial charge in [0.1, 0.15) is 0 Å². The summed E-state index contributed by atoms with van der Waals surface area (Å²) in [5, 5.41) is 0. The Morgan fingerprint density at radius 3 is 2.29 bits per heavy atom. The molecule has 0 aromatic heterocycles. The van der Waals surface area contributed by atoms with Crippen molar-refractivity contribution in [2.75, 3.05) is 20.2 Å². The molecular weight excluding hydrogens is 324 g/mol. The molecule has 0 spiro atoms. The monoisotopic (exact) mass is 348 g/mol. The highest BCUT2D eigenvalue weighted by molar-refractivity contribution is 5.85. The van der Waals surface area contributed by atoms with Crippen molar-refractivity contribution in [1.82, 2.24) is 4.90 Å². The molecule has 4 nitrogen and oxygen atoms in total. The van der Waals surface area contributed by atoms with Gasteiger partial charge in [0.25, 0.3) is 0 Å². The first-order valence-corrected chi connectivity index (χ1v) is 7.83. The summed E-state index contributed by atoms with van der Waals surface area (Å²) in [5.74, 6) is 0.0321. The van der Waals surface area contributed by atoms with Crippen LogP contribution in [0.1, 0.15) is 23.6 Å². The summed E-state index contributed by atoms with van der Waals surface area (Å²) in [5.41, 5.74) is 8.20. The van der Waals surface area contributed by atoms with Crippen molar-refractivity contribution in [3.8, 4) is 0 Å². The summed E-state index contributed by atoms with van der Waals surface area (Å²) in [6.45, 7) is 1.64. The van der Waals surface area contributed by atoms with Crippen LogP contribution in [0, 0.1) is 0 Å². The van der Waals surface area contributed by atoms with Crippen LogP contribution in [0.15, 0.2) is 60.7 Å². The van der Waals surface area contributed by atoms with E-state index in [2.05, 4.69) is 0 Å². The predicted molar refractivity (Wildman–Crippen MR) is 99.0 cm³/mol. The summed E-state index contributed by atoms with van der Waals surface area (Å²) in [6, 6.07) is 19.4. The second-order valence-corrected chi connectivity index (χ2v) is 5.57. The van der Waals surface area contributed by atoms with E-state index in [9.17, 15) is 4.79 Å². The topological polar surface area (TPSA) is 55.6 Å². The SMILES string of the molecule is CN(CCOCc1ccccc1)C(=O)CC(N)c1ccccc1.Cl. The molecule has 0 heterocycles. The zero-order valence-corrected chi connectivity index (χ0v) is 14.7. The summed E-state index contributed by atoms with van der Waals surface area (Å²) >= 11 is 0. The summed E-state index contributed by atoms with van der Waals surface area (Å²) in [7, 11) is 1.78. The van der Waals surface area contributed by atoms with E-state index in [4.69, 9.17) is 10.5 Å². The van der Waals surface area contributed by atoms with E-state index < -0.39 is 0 Å². The largest absolute Gasteiger partial charge is 0.375 e. The fourth-order valence-electron chi connectivity index (χ4n) is 2.25. The molecule has 24 heavy (non-hydrogen) atoms. The molecule has 130 valence electrons. The number of halogens is 1. The maximum Gasteiger partial charge on any atom is 0.224 e. The van der Waals surface area contributed by atoms with E-state index in [1.54, 1.807) is 11.9 Å². The number of likely N-dealkylation sites (N-methyl/N-ethyl adjacent to an activating group) is 1. The molecule has 2 aromatic rings. The Kier molecular flexibility index (Phi) is 9.08. The Hall–Kier alpha value is -1.88. The third kappa shape index (κ3) is 6.71. The molecule has 0 aliphatic heterocycles. The Balaban J connectivity index is 0.00000288. The third-order valence-electron chi connectivity index (χ3n) is 3.73. The van der Waals surface area contributed by atoms with Crippen molar-refractivity contribution >= 4 is 18.3 Å². The molecular formula is C19H25ClN2O2. The van der Waals surface area contributed by atoms with E-state index in [-0.39, 0.29) is 24.4 Å². The van der Waals surface area contributed by atoms with Gasteiger partial charge in [-0.1, -0.05) is 60.7 Å². The van der Waals surface area contributed by atoms with Crippen LogP contribution in [0.3, 0.4) is 0 Å². The minimum atomic E-state index is -0.267. The number of amides is 1. The van der Waals surface area contributed by atoms with Gasteiger partial charge in [0, 0.05) is 26.1 Å². The van der Waals surface area contributed by atoms with E-state index in [1.165, 1.54) is 0 Å². The number of hydrogen-bond acceptors (Lipinski definition) is 3. The predicted octanol–water partition coefficient (Wildman–Crippen LogP) is 3.17. The highest BCUT2D eigenvalue weighted by atomic mass is 35.5. The number of carbonyl (C=O) groups excluding carboxylic acids is 1. The molecule has 5 heteroatoms. The van der Waals surface area contributed by atoms with Crippen molar-refractivity contribution in [2.24, 2.45) is 5.73 Å². The van der Waals surface area contributed by atoms with Crippen molar-refractivity contribution in [1.29, 1.82) is 0 Å². The van der Waals surface area contributed by atoms with Crippen molar-refractivity contribution in [3.05, 3.63) is 71.8 Å². The van der Waals surface area contributed by atoms with Gasteiger partial charge in [0.2, 0.25) is 5.91 Å².